The predicted molar refractivity (Wildman–Crippen MR) is 103 cm³/mol. The van der Waals surface area contributed by atoms with E-state index in [1.165, 1.54) is 32.4 Å². The van der Waals surface area contributed by atoms with E-state index in [4.69, 9.17) is 10.5 Å². The SMILES string of the molecule is CC(C)CN1CCCCC1CN=C(N)N1CCOC(C)C1.I. The number of hydrogen-bond acceptors (Lipinski definition) is 3. The fourth-order valence-corrected chi connectivity index (χ4v) is 3.30. The third-order valence-corrected chi connectivity index (χ3v) is 4.38. The van der Waals surface area contributed by atoms with E-state index in [-0.39, 0.29) is 30.1 Å². The summed E-state index contributed by atoms with van der Waals surface area (Å²) in [6.07, 6.45) is 4.15. The van der Waals surface area contributed by atoms with Gasteiger partial charge in [0.05, 0.1) is 19.3 Å². The molecular formula is C16H33IN4O. The number of hydrogen-bond donors (Lipinski definition) is 1. The van der Waals surface area contributed by atoms with Crippen molar-refractivity contribution in [3.05, 3.63) is 0 Å². The van der Waals surface area contributed by atoms with E-state index in [9.17, 15) is 0 Å². The van der Waals surface area contributed by atoms with Crippen molar-refractivity contribution >= 4 is 29.9 Å². The van der Waals surface area contributed by atoms with Crippen LogP contribution in [-0.2, 0) is 4.74 Å². The molecule has 2 saturated heterocycles. The Bertz CT molecular complexity index is 351. The molecule has 2 heterocycles. The standard InChI is InChI=1S/C16H32N4O.HI/c1-13(2)11-19-7-5-4-6-15(19)10-18-16(17)20-8-9-21-14(3)12-20;/h13-15H,4-12H2,1-3H3,(H2,17,18);1H. The molecule has 2 aliphatic rings. The van der Waals surface area contributed by atoms with Crippen LogP contribution in [0.2, 0.25) is 0 Å². The molecule has 0 aliphatic carbocycles. The molecule has 2 rings (SSSR count). The Morgan fingerprint density at radius 1 is 1.32 bits per heavy atom. The number of guanidine groups is 1. The van der Waals surface area contributed by atoms with Crippen LogP contribution in [0.15, 0.2) is 4.99 Å². The van der Waals surface area contributed by atoms with Crippen molar-refractivity contribution < 1.29 is 4.74 Å². The van der Waals surface area contributed by atoms with Crippen molar-refractivity contribution in [1.29, 1.82) is 0 Å². The number of nitrogens with zero attached hydrogens (tertiary/aromatic N) is 3. The van der Waals surface area contributed by atoms with Gasteiger partial charge in [-0.2, -0.15) is 0 Å². The zero-order chi connectivity index (χ0) is 15.2. The van der Waals surface area contributed by atoms with Crippen molar-refractivity contribution in [3.8, 4) is 0 Å². The molecular weight excluding hydrogens is 391 g/mol. The zero-order valence-electron chi connectivity index (χ0n) is 14.3. The maximum Gasteiger partial charge on any atom is 0.191 e. The van der Waals surface area contributed by atoms with E-state index in [0.717, 1.165) is 26.2 Å². The number of piperidine rings is 1. The van der Waals surface area contributed by atoms with Gasteiger partial charge in [-0.1, -0.05) is 20.3 Å². The summed E-state index contributed by atoms with van der Waals surface area (Å²) in [5.74, 6) is 1.41. The lowest BCUT2D eigenvalue weighted by Crippen LogP contribution is -2.49. The molecule has 22 heavy (non-hydrogen) atoms. The summed E-state index contributed by atoms with van der Waals surface area (Å²) in [4.78, 5) is 9.45. The van der Waals surface area contributed by atoms with E-state index in [1.54, 1.807) is 0 Å². The summed E-state index contributed by atoms with van der Waals surface area (Å²) >= 11 is 0. The fraction of sp³-hybridized carbons (Fsp3) is 0.938. The minimum absolute atomic E-state index is 0. The van der Waals surface area contributed by atoms with Gasteiger partial charge in [-0.3, -0.25) is 9.89 Å². The molecule has 0 radical (unpaired) electrons. The molecule has 2 fully saturated rings. The quantitative estimate of drug-likeness (QED) is 0.427. The summed E-state index contributed by atoms with van der Waals surface area (Å²) in [6.45, 7) is 12.4. The molecule has 0 bridgehead atoms. The number of morpholine rings is 1. The van der Waals surface area contributed by atoms with Gasteiger partial charge in [0.2, 0.25) is 0 Å². The second kappa shape index (κ2) is 9.93. The number of rotatable bonds is 4. The molecule has 0 aromatic carbocycles. The second-order valence-corrected chi connectivity index (χ2v) is 6.86. The molecule has 130 valence electrons. The average molecular weight is 424 g/mol. The highest BCUT2D eigenvalue weighted by Gasteiger charge is 2.23. The van der Waals surface area contributed by atoms with Crippen LogP contribution in [0.4, 0.5) is 0 Å². The largest absolute Gasteiger partial charge is 0.375 e. The van der Waals surface area contributed by atoms with E-state index in [1.807, 2.05) is 0 Å². The Hall–Kier alpha value is -0.0800. The summed E-state index contributed by atoms with van der Waals surface area (Å²) in [5.41, 5.74) is 6.18. The van der Waals surface area contributed by atoms with Crippen molar-refractivity contribution in [1.82, 2.24) is 9.80 Å². The highest BCUT2D eigenvalue weighted by molar-refractivity contribution is 14.0. The molecule has 0 amide bonds. The first-order valence-electron chi connectivity index (χ1n) is 8.46. The van der Waals surface area contributed by atoms with Crippen LogP contribution in [0, 0.1) is 5.92 Å². The fourth-order valence-electron chi connectivity index (χ4n) is 3.30. The summed E-state index contributed by atoms with van der Waals surface area (Å²) < 4.78 is 5.55. The van der Waals surface area contributed by atoms with Crippen LogP contribution in [0.1, 0.15) is 40.0 Å². The van der Waals surface area contributed by atoms with Gasteiger partial charge >= 0.3 is 0 Å². The maximum atomic E-state index is 6.18. The second-order valence-electron chi connectivity index (χ2n) is 6.86. The lowest BCUT2D eigenvalue weighted by Gasteiger charge is -2.36. The maximum absolute atomic E-state index is 6.18. The highest BCUT2D eigenvalue weighted by atomic mass is 127. The smallest absolute Gasteiger partial charge is 0.191 e. The van der Waals surface area contributed by atoms with Gasteiger partial charge in [0.1, 0.15) is 0 Å². The van der Waals surface area contributed by atoms with Crippen molar-refractivity contribution in [2.24, 2.45) is 16.6 Å². The van der Waals surface area contributed by atoms with E-state index < -0.39 is 0 Å². The topological polar surface area (TPSA) is 54.1 Å². The van der Waals surface area contributed by atoms with Crippen LogP contribution < -0.4 is 5.73 Å². The normalized spacial score (nSPS) is 27.8. The minimum Gasteiger partial charge on any atom is -0.375 e. The van der Waals surface area contributed by atoms with Gasteiger partial charge in [0.25, 0.3) is 0 Å². The summed E-state index contributed by atoms with van der Waals surface area (Å²) in [6, 6.07) is 0.568. The lowest BCUT2D eigenvalue weighted by atomic mass is 10.0. The van der Waals surface area contributed by atoms with Crippen LogP contribution in [0.25, 0.3) is 0 Å². The highest BCUT2D eigenvalue weighted by Crippen LogP contribution is 2.18. The van der Waals surface area contributed by atoms with E-state index in [2.05, 4.69) is 35.6 Å². The van der Waals surface area contributed by atoms with Crippen LogP contribution in [0.5, 0.6) is 0 Å². The first-order chi connectivity index (χ1) is 10.1. The number of halogens is 1. The van der Waals surface area contributed by atoms with Crippen molar-refractivity contribution in [3.63, 3.8) is 0 Å². The first-order valence-corrected chi connectivity index (χ1v) is 8.46. The monoisotopic (exact) mass is 424 g/mol. The van der Waals surface area contributed by atoms with Gasteiger partial charge in [0.15, 0.2) is 5.96 Å². The average Bonchev–Trinajstić information content (AvgIpc) is 2.45. The third-order valence-electron chi connectivity index (χ3n) is 4.38. The molecule has 0 aromatic rings. The lowest BCUT2D eigenvalue weighted by molar-refractivity contribution is 0.00522. The Kier molecular flexibility index (Phi) is 9.01. The number of likely N-dealkylation sites (tertiary alicyclic amines) is 1. The molecule has 2 atom stereocenters. The van der Waals surface area contributed by atoms with Gasteiger partial charge < -0.3 is 15.4 Å². The molecule has 2 aliphatic heterocycles. The Morgan fingerprint density at radius 3 is 2.77 bits per heavy atom. The molecule has 2 unspecified atom stereocenters. The molecule has 0 aromatic heterocycles. The van der Waals surface area contributed by atoms with Gasteiger partial charge in [-0.15, -0.1) is 24.0 Å². The van der Waals surface area contributed by atoms with E-state index in [0.29, 0.717) is 17.9 Å². The van der Waals surface area contributed by atoms with Gasteiger partial charge in [0, 0.05) is 25.7 Å². The van der Waals surface area contributed by atoms with Crippen molar-refractivity contribution in [2.45, 2.75) is 52.2 Å². The first kappa shape index (κ1) is 20.0. The molecule has 0 spiro atoms. The summed E-state index contributed by atoms with van der Waals surface area (Å²) in [7, 11) is 0. The molecule has 2 N–H and O–H groups in total. The van der Waals surface area contributed by atoms with Crippen molar-refractivity contribution in [2.75, 3.05) is 39.3 Å². The number of nitrogens with two attached hydrogens (primary N) is 1. The number of ether oxygens (including phenoxy) is 1. The number of aliphatic imine (C=N–C) groups is 1. The van der Waals surface area contributed by atoms with Crippen LogP contribution in [-0.4, -0.2) is 67.2 Å². The molecule has 0 saturated carbocycles. The zero-order valence-corrected chi connectivity index (χ0v) is 16.7. The van der Waals surface area contributed by atoms with Gasteiger partial charge in [-0.05, 0) is 32.2 Å². The van der Waals surface area contributed by atoms with E-state index >= 15 is 0 Å². The molecule has 6 heteroatoms. The van der Waals surface area contributed by atoms with Crippen LogP contribution >= 0.6 is 24.0 Å². The Morgan fingerprint density at radius 2 is 2.09 bits per heavy atom. The third kappa shape index (κ3) is 6.20. The Labute approximate surface area is 152 Å². The van der Waals surface area contributed by atoms with Crippen LogP contribution in [0.3, 0.4) is 0 Å². The van der Waals surface area contributed by atoms with Gasteiger partial charge in [-0.25, -0.2) is 0 Å². The molecule has 5 nitrogen and oxygen atoms in total. The Balaban J connectivity index is 0.00000242. The predicted octanol–water partition coefficient (Wildman–Crippen LogP) is 2.15. The summed E-state index contributed by atoms with van der Waals surface area (Å²) in [5, 5.41) is 0. The minimum atomic E-state index is 0.